The van der Waals surface area contributed by atoms with Gasteiger partial charge in [-0.2, -0.15) is 0 Å². The van der Waals surface area contributed by atoms with E-state index in [1.54, 1.807) is 0 Å². The van der Waals surface area contributed by atoms with Crippen LogP contribution in [0, 0.1) is 5.51 Å². The van der Waals surface area contributed by atoms with Crippen molar-refractivity contribution in [3.05, 3.63) is 40.7 Å². The van der Waals surface area contributed by atoms with Crippen LogP contribution in [0.25, 0.3) is 11.3 Å². The van der Waals surface area contributed by atoms with Gasteiger partial charge in [-0.25, -0.2) is 4.98 Å². The summed E-state index contributed by atoms with van der Waals surface area (Å²) >= 11 is 1.26. The largest absolute Gasteiger partial charge is 0.481 e. The topological polar surface area (TPSA) is 50.2 Å². The Hall–Kier alpha value is -1.68. The molecule has 0 unspecified atom stereocenters. The second-order valence-corrected chi connectivity index (χ2v) is 3.89. The molecule has 0 amide bonds. The van der Waals surface area contributed by atoms with E-state index in [4.69, 9.17) is 5.11 Å². The summed E-state index contributed by atoms with van der Waals surface area (Å²) in [4.78, 5) is 15.4. The molecule has 15 heavy (non-hydrogen) atoms. The predicted molar refractivity (Wildman–Crippen MR) is 57.7 cm³/mol. The predicted octanol–water partition coefficient (Wildman–Crippen LogP) is 2.24. The minimum atomic E-state index is -0.843. The molecule has 3 nitrogen and oxygen atoms in total. The third-order valence-electron chi connectivity index (χ3n) is 1.95. The van der Waals surface area contributed by atoms with Gasteiger partial charge in [0, 0.05) is 10.4 Å². The number of carboxylic acids is 1. The number of carboxylic acid groups (broad SMARTS) is 1. The highest BCUT2D eigenvalue weighted by Crippen LogP contribution is 2.25. The monoisotopic (exact) mass is 218 g/mol. The van der Waals surface area contributed by atoms with E-state index in [2.05, 4.69) is 10.5 Å². The zero-order valence-electron chi connectivity index (χ0n) is 7.80. The van der Waals surface area contributed by atoms with Crippen molar-refractivity contribution >= 4 is 17.3 Å². The SMILES string of the molecule is O=C(O)Cc1s[c]nc1-c1ccccc1. The third kappa shape index (κ3) is 2.22. The molecule has 1 radical (unpaired) electrons. The quantitative estimate of drug-likeness (QED) is 0.859. The van der Waals surface area contributed by atoms with Crippen molar-refractivity contribution in [1.29, 1.82) is 0 Å². The summed E-state index contributed by atoms with van der Waals surface area (Å²) in [5, 5.41) is 8.72. The standard InChI is InChI=1S/C11H8NO2S/c13-10(14)6-9-11(12-7-15-9)8-4-2-1-3-5-8/h1-5H,6H2,(H,13,14). The molecule has 0 aliphatic rings. The van der Waals surface area contributed by atoms with E-state index in [-0.39, 0.29) is 6.42 Å². The van der Waals surface area contributed by atoms with Gasteiger partial charge in [-0.05, 0) is 0 Å². The zero-order valence-corrected chi connectivity index (χ0v) is 8.62. The van der Waals surface area contributed by atoms with Crippen LogP contribution in [0.5, 0.6) is 0 Å². The Bertz CT molecular complexity index is 464. The lowest BCUT2D eigenvalue weighted by molar-refractivity contribution is -0.136. The summed E-state index contributed by atoms with van der Waals surface area (Å²) in [5.74, 6) is -0.843. The highest BCUT2D eigenvalue weighted by atomic mass is 32.1. The van der Waals surface area contributed by atoms with Gasteiger partial charge in [-0.15, -0.1) is 11.3 Å². The second-order valence-electron chi connectivity index (χ2n) is 3.01. The van der Waals surface area contributed by atoms with E-state index in [1.165, 1.54) is 11.3 Å². The molecule has 0 saturated heterocycles. The summed E-state index contributed by atoms with van der Waals surface area (Å²) in [6.45, 7) is 0. The van der Waals surface area contributed by atoms with Gasteiger partial charge in [0.2, 0.25) is 0 Å². The fourth-order valence-corrected chi connectivity index (χ4v) is 2.02. The van der Waals surface area contributed by atoms with Crippen molar-refractivity contribution < 1.29 is 9.90 Å². The first-order valence-electron chi connectivity index (χ1n) is 4.40. The number of carbonyl (C=O) groups is 1. The molecule has 2 aromatic rings. The average molecular weight is 218 g/mol. The summed E-state index contributed by atoms with van der Waals surface area (Å²) in [6.07, 6.45) is 0.00535. The van der Waals surface area contributed by atoms with E-state index in [9.17, 15) is 4.79 Å². The molecular weight excluding hydrogens is 210 g/mol. The maximum atomic E-state index is 10.6. The highest BCUT2D eigenvalue weighted by molar-refractivity contribution is 7.09. The lowest BCUT2D eigenvalue weighted by Gasteiger charge is -1.99. The van der Waals surface area contributed by atoms with Crippen LogP contribution in [0.4, 0.5) is 0 Å². The normalized spacial score (nSPS) is 10.1. The number of aliphatic carboxylic acids is 1. The van der Waals surface area contributed by atoms with E-state index in [0.29, 0.717) is 0 Å². The van der Waals surface area contributed by atoms with Crippen molar-refractivity contribution in [1.82, 2.24) is 4.98 Å². The smallest absolute Gasteiger partial charge is 0.308 e. The molecule has 4 heteroatoms. The van der Waals surface area contributed by atoms with Gasteiger partial charge in [0.1, 0.15) is 0 Å². The van der Waals surface area contributed by atoms with E-state index in [1.807, 2.05) is 30.3 Å². The molecule has 0 aliphatic heterocycles. The molecule has 0 atom stereocenters. The van der Waals surface area contributed by atoms with Crippen molar-refractivity contribution in [3.63, 3.8) is 0 Å². The van der Waals surface area contributed by atoms with Crippen LogP contribution in [-0.2, 0) is 11.2 Å². The number of aromatic nitrogens is 1. The molecule has 0 fully saturated rings. The molecule has 75 valence electrons. The molecule has 0 spiro atoms. The van der Waals surface area contributed by atoms with Gasteiger partial charge in [-0.3, -0.25) is 4.79 Å². The van der Waals surface area contributed by atoms with Crippen LogP contribution in [0.3, 0.4) is 0 Å². The summed E-state index contributed by atoms with van der Waals surface area (Å²) in [7, 11) is 0. The van der Waals surface area contributed by atoms with Gasteiger partial charge >= 0.3 is 5.97 Å². The van der Waals surface area contributed by atoms with Crippen LogP contribution in [0.2, 0.25) is 0 Å². The minimum absolute atomic E-state index is 0.00535. The van der Waals surface area contributed by atoms with Crippen LogP contribution >= 0.6 is 11.3 Å². The average Bonchev–Trinajstić information content (AvgIpc) is 2.66. The Kier molecular flexibility index (Phi) is 2.78. The van der Waals surface area contributed by atoms with E-state index in [0.717, 1.165) is 16.1 Å². The van der Waals surface area contributed by atoms with Crippen LogP contribution in [-0.4, -0.2) is 16.1 Å². The fraction of sp³-hybridized carbons (Fsp3) is 0.0909. The summed E-state index contributed by atoms with van der Waals surface area (Å²) in [5.41, 5.74) is 4.39. The number of hydrogen-bond acceptors (Lipinski definition) is 3. The molecular formula is C11H8NO2S. The Morgan fingerprint density at radius 2 is 2.13 bits per heavy atom. The molecule has 1 aromatic carbocycles. The van der Waals surface area contributed by atoms with Gasteiger partial charge in [0.15, 0.2) is 5.51 Å². The number of hydrogen-bond donors (Lipinski definition) is 1. The molecule has 0 bridgehead atoms. The van der Waals surface area contributed by atoms with Crippen molar-refractivity contribution in [2.75, 3.05) is 0 Å². The first-order valence-corrected chi connectivity index (χ1v) is 5.22. The van der Waals surface area contributed by atoms with Gasteiger partial charge < -0.3 is 5.11 Å². The Balaban J connectivity index is 2.37. The number of nitrogens with zero attached hydrogens (tertiary/aromatic N) is 1. The van der Waals surface area contributed by atoms with Crippen molar-refractivity contribution in [2.45, 2.75) is 6.42 Å². The van der Waals surface area contributed by atoms with Gasteiger partial charge in [0.25, 0.3) is 0 Å². The van der Waals surface area contributed by atoms with E-state index >= 15 is 0 Å². The number of thiazole rings is 1. The van der Waals surface area contributed by atoms with Crippen LogP contribution < -0.4 is 0 Å². The lowest BCUT2D eigenvalue weighted by atomic mass is 10.1. The van der Waals surface area contributed by atoms with E-state index < -0.39 is 5.97 Å². The molecule has 1 heterocycles. The Morgan fingerprint density at radius 1 is 1.40 bits per heavy atom. The molecule has 0 saturated carbocycles. The maximum Gasteiger partial charge on any atom is 0.308 e. The minimum Gasteiger partial charge on any atom is -0.481 e. The molecule has 1 N–H and O–H groups in total. The first kappa shape index (κ1) is 9.86. The van der Waals surface area contributed by atoms with Crippen molar-refractivity contribution in [2.24, 2.45) is 0 Å². The Labute approximate surface area is 91.0 Å². The Morgan fingerprint density at radius 3 is 2.80 bits per heavy atom. The summed E-state index contributed by atoms with van der Waals surface area (Å²) < 4.78 is 0. The molecule has 1 aromatic heterocycles. The molecule has 0 aliphatic carbocycles. The maximum absolute atomic E-state index is 10.6. The second kappa shape index (κ2) is 4.23. The van der Waals surface area contributed by atoms with Gasteiger partial charge in [-0.1, -0.05) is 30.3 Å². The third-order valence-corrected chi connectivity index (χ3v) is 2.72. The first-order chi connectivity index (χ1) is 7.27. The van der Waals surface area contributed by atoms with Crippen molar-refractivity contribution in [3.8, 4) is 11.3 Å². The molecule has 2 rings (SSSR count). The number of rotatable bonds is 3. The lowest BCUT2D eigenvalue weighted by Crippen LogP contribution is -1.99. The highest BCUT2D eigenvalue weighted by Gasteiger charge is 2.11. The van der Waals surface area contributed by atoms with Gasteiger partial charge in [0.05, 0.1) is 12.1 Å². The fourth-order valence-electron chi connectivity index (χ4n) is 1.31. The number of benzene rings is 1. The van der Waals surface area contributed by atoms with Crippen LogP contribution in [0.1, 0.15) is 4.88 Å². The van der Waals surface area contributed by atoms with Crippen LogP contribution in [0.15, 0.2) is 30.3 Å². The zero-order chi connectivity index (χ0) is 10.7. The summed E-state index contributed by atoms with van der Waals surface area (Å²) in [6, 6.07) is 9.54.